The number of urea groups is 1. The van der Waals surface area contributed by atoms with Crippen LogP contribution in [-0.2, 0) is 4.79 Å². The molecule has 0 aromatic heterocycles. The number of carboxylic acids is 1. The molecule has 0 aliphatic heterocycles. The fraction of sp³-hybridized carbons (Fsp3) is 0.636. The second-order valence-electron chi connectivity index (χ2n) is 4.42. The highest BCUT2D eigenvalue weighted by molar-refractivity contribution is 5.82. The standard InChI is InChI=1S/C11H18N2O4/c1-5-6-8(9(14)15)12-10(16)13(4)7-11(2,3)17/h1,8,17H,6-7H2,2-4H3,(H,12,16)(H,14,15). The maximum atomic E-state index is 11.6. The van der Waals surface area contributed by atoms with E-state index in [1.807, 2.05) is 0 Å². The van der Waals surface area contributed by atoms with Gasteiger partial charge in [0.15, 0.2) is 0 Å². The van der Waals surface area contributed by atoms with Gasteiger partial charge in [-0.3, -0.25) is 0 Å². The molecule has 0 aromatic carbocycles. The lowest BCUT2D eigenvalue weighted by Gasteiger charge is -2.26. The molecule has 0 rings (SSSR count). The number of nitrogens with one attached hydrogen (secondary N) is 1. The van der Waals surface area contributed by atoms with Crippen molar-refractivity contribution >= 4 is 12.0 Å². The van der Waals surface area contributed by atoms with Crippen molar-refractivity contribution in [1.82, 2.24) is 10.2 Å². The van der Waals surface area contributed by atoms with Gasteiger partial charge < -0.3 is 20.4 Å². The summed E-state index contributed by atoms with van der Waals surface area (Å²) in [6, 6.07) is -1.70. The van der Waals surface area contributed by atoms with Gasteiger partial charge in [0, 0.05) is 13.5 Å². The predicted molar refractivity (Wildman–Crippen MR) is 62.3 cm³/mol. The van der Waals surface area contributed by atoms with Crippen LogP contribution in [0.2, 0.25) is 0 Å². The fourth-order valence-corrected chi connectivity index (χ4v) is 1.23. The molecule has 0 saturated heterocycles. The first-order chi connectivity index (χ1) is 7.67. The smallest absolute Gasteiger partial charge is 0.327 e. The largest absolute Gasteiger partial charge is 0.480 e. The minimum absolute atomic E-state index is 0.0845. The molecule has 0 spiro atoms. The number of nitrogens with zero attached hydrogens (tertiary/aromatic N) is 1. The number of carbonyl (C=O) groups excluding carboxylic acids is 1. The molecule has 96 valence electrons. The van der Waals surface area contributed by atoms with E-state index in [-0.39, 0.29) is 13.0 Å². The summed E-state index contributed by atoms with van der Waals surface area (Å²) >= 11 is 0. The van der Waals surface area contributed by atoms with E-state index in [2.05, 4.69) is 11.2 Å². The van der Waals surface area contributed by atoms with E-state index < -0.39 is 23.6 Å². The van der Waals surface area contributed by atoms with Gasteiger partial charge >= 0.3 is 12.0 Å². The van der Waals surface area contributed by atoms with E-state index >= 15 is 0 Å². The first kappa shape index (κ1) is 15.3. The topological polar surface area (TPSA) is 89.9 Å². The Kier molecular flexibility index (Phi) is 5.48. The van der Waals surface area contributed by atoms with Crippen LogP contribution in [-0.4, -0.2) is 52.3 Å². The zero-order valence-electron chi connectivity index (χ0n) is 10.2. The van der Waals surface area contributed by atoms with E-state index in [0.717, 1.165) is 0 Å². The molecule has 1 unspecified atom stereocenters. The average molecular weight is 242 g/mol. The summed E-state index contributed by atoms with van der Waals surface area (Å²) in [7, 11) is 1.46. The van der Waals surface area contributed by atoms with Crippen molar-refractivity contribution in [1.29, 1.82) is 0 Å². The van der Waals surface area contributed by atoms with Gasteiger partial charge in [-0.1, -0.05) is 0 Å². The lowest BCUT2D eigenvalue weighted by atomic mass is 10.1. The quantitative estimate of drug-likeness (QED) is 0.586. The van der Waals surface area contributed by atoms with Gasteiger partial charge in [0.25, 0.3) is 0 Å². The zero-order chi connectivity index (χ0) is 13.6. The van der Waals surface area contributed by atoms with Crippen molar-refractivity contribution in [3.05, 3.63) is 0 Å². The lowest BCUT2D eigenvalue weighted by Crippen LogP contribution is -2.49. The molecule has 0 aromatic rings. The van der Waals surface area contributed by atoms with Crippen LogP contribution in [0.5, 0.6) is 0 Å². The van der Waals surface area contributed by atoms with Crippen molar-refractivity contribution in [2.45, 2.75) is 31.9 Å². The first-order valence-electron chi connectivity index (χ1n) is 5.07. The summed E-state index contributed by atoms with van der Waals surface area (Å²) < 4.78 is 0. The van der Waals surface area contributed by atoms with Crippen molar-refractivity contribution in [3.63, 3.8) is 0 Å². The van der Waals surface area contributed by atoms with E-state index in [0.29, 0.717) is 0 Å². The number of likely N-dealkylation sites (N-methyl/N-ethyl adjacent to an activating group) is 1. The van der Waals surface area contributed by atoms with Crippen molar-refractivity contribution in [2.24, 2.45) is 0 Å². The third-order valence-corrected chi connectivity index (χ3v) is 1.89. The van der Waals surface area contributed by atoms with Crippen LogP contribution in [0.1, 0.15) is 20.3 Å². The summed E-state index contributed by atoms with van der Waals surface area (Å²) in [4.78, 5) is 23.5. The number of aliphatic hydroxyl groups is 1. The van der Waals surface area contributed by atoms with Crippen LogP contribution in [0.4, 0.5) is 4.79 Å². The average Bonchev–Trinajstić information content (AvgIpc) is 2.13. The van der Waals surface area contributed by atoms with Gasteiger partial charge in [0.2, 0.25) is 0 Å². The maximum Gasteiger partial charge on any atom is 0.327 e. The number of terminal acetylenes is 1. The third-order valence-electron chi connectivity index (χ3n) is 1.89. The van der Waals surface area contributed by atoms with Crippen LogP contribution in [0.3, 0.4) is 0 Å². The summed E-state index contributed by atoms with van der Waals surface area (Å²) in [6.07, 6.45) is 4.92. The highest BCUT2D eigenvalue weighted by atomic mass is 16.4. The van der Waals surface area contributed by atoms with Gasteiger partial charge in [0.05, 0.1) is 12.1 Å². The molecule has 0 aliphatic rings. The number of hydrogen-bond donors (Lipinski definition) is 3. The number of aliphatic carboxylic acids is 1. The summed E-state index contributed by atoms with van der Waals surface area (Å²) in [6.45, 7) is 3.18. The van der Waals surface area contributed by atoms with E-state index in [9.17, 15) is 14.7 Å². The van der Waals surface area contributed by atoms with Crippen LogP contribution in [0, 0.1) is 12.3 Å². The molecule has 0 bridgehead atoms. The summed E-state index contributed by atoms with van der Waals surface area (Å²) in [5.74, 6) is 0.991. The summed E-state index contributed by atoms with van der Waals surface area (Å²) in [5.41, 5.74) is -1.04. The Balaban J connectivity index is 4.42. The number of carboxylic acid groups (broad SMARTS) is 1. The van der Waals surface area contributed by atoms with Gasteiger partial charge in [-0.05, 0) is 13.8 Å². The van der Waals surface area contributed by atoms with Crippen LogP contribution in [0.15, 0.2) is 0 Å². The van der Waals surface area contributed by atoms with Gasteiger partial charge in [0.1, 0.15) is 6.04 Å². The van der Waals surface area contributed by atoms with Crippen LogP contribution in [0.25, 0.3) is 0 Å². The second-order valence-corrected chi connectivity index (χ2v) is 4.42. The molecular weight excluding hydrogens is 224 g/mol. The number of amides is 2. The molecular formula is C11H18N2O4. The highest BCUT2D eigenvalue weighted by Gasteiger charge is 2.23. The Labute approximate surface area is 101 Å². The predicted octanol–water partition coefficient (Wildman–Crippen LogP) is -0.125. The molecule has 3 N–H and O–H groups in total. The number of rotatable bonds is 5. The number of carbonyl (C=O) groups is 2. The zero-order valence-corrected chi connectivity index (χ0v) is 10.2. The Morgan fingerprint density at radius 2 is 2.06 bits per heavy atom. The van der Waals surface area contributed by atoms with Gasteiger partial charge in [-0.25, -0.2) is 9.59 Å². The molecule has 0 aliphatic carbocycles. The van der Waals surface area contributed by atoms with E-state index in [1.165, 1.54) is 11.9 Å². The Bertz CT molecular complexity index is 327. The molecule has 17 heavy (non-hydrogen) atoms. The molecule has 6 nitrogen and oxygen atoms in total. The Morgan fingerprint density at radius 3 is 2.41 bits per heavy atom. The summed E-state index contributed by atoms with van der Waals surface area (Å²) in [5, 5.41) is 20.6. The fourth-order valence-electron chi connectivity index (χ4n) is 1.23. The molecule has 0 radical (unpaired) electrons. The minimum Gasteiger partial charge on any atom is -0.480 e. The van der Waals surface area contributed by atoms with Crippen LogP contribution < -0.4 is 5.32 Å². The van der Waals surface area contributed by atoms with Crippen molar-refractivity contribution in [2.75, 3.05) is 13.6 Å². The Hall–Kier alpha value is -1.74. The normalized spacial score (nSPS) is 12.4. The molecule has 0 saturated carbocycles. The van der Waals surface area contributed by atoms with Crippen molar-refractivity contribution < 1.29 is 19.8 Å². The molecule has 0 fully saturated rings. The molecule has 1 atom stereocenters. The minimum atomic E-state index is -1.19. The van der Waals surface area contributed by atoms with Crippen molar-refractivity contribution in [3.8, 4) is 12.3 Å². The molecule has 6 heteroatoms. The van der Waals surface area contributed by atoms with E-state index in [1.54, 1.807) is 13.8 Å². The SMILES string of the molecule is C#CCC(NC(=O)N(C)CC(C)(C)O)C(=O)O. The second kappa shape index (κ2) is 6.11. The van der Waals surface area contributed by atoms with Crippen LogP contribution >= 0.6 is 0 Å². The molecule has 2 amide bonds. The molecule has 0 heterocycles. The van der Waals surface area contributed by atoms with E-state index in [4.69, 9.17) is 11.5 Å². The number of hydrogen-bond acceptors (Lipinski definition) is 3. The monoisotopic (exact) mass is 242 g/mol. The van der Waals surface area contributed by atoms with Gasteiger partial charge in [-0.2, -0.15) is 0 Å². The first-order valence-corrected chi connectivity index (χ1v) is 5.07. The van der Waals surface area contributed by atoms with Gasteiger partial charge in [-0.15, -0.1) is 12.3 Å². The lowest BCUT2D eigenvalue weighted by molar-refractivity contribution is -0.139. The third kappa shape index (κ3) is 6.43. The highest BCUT2D eigenvalue weighted by Crippen LogP contribution is 2.03. The Morgan fingerprint density at radius 1 is 1.53 bits per heavy atom. The maximum absolute atomic E-state index is 11.6.